The minimum absolute atomic E-state index is 0.229. The van der Waals surface area contributed by atoms with Crippen molar-refractivity contribution in [3.05, 3.63) is 40.7 Å². The van der Waals surface area contributed by atoms with E-state index in [-0.39, 0.29) is 4.90 Å². The summed E-state index contributed by atoms with van der Waals surface area (Å²) in [5.41, 5.74) is 0. The summed E-state index contributed by atoms with van der Waals surface area (Å²) in [6, 6.07) is 7.46. The monoisotopic (exact) mass is 353 g/mol. The Hall–Kier alpha value is -1.48. The average molecular weight is 353 g/mol. The van der Waals surface area contributed by atoms with E-state index in [4.69, 9.17) is 4.74 Å². The van der Waals surface area contributed by atoms with Crippen LogP contribution in [-0.2, 0) is 21.3 Å². The highest BCUT2D eigenvalue weighted by atomic mass is 32.2. The first-order valence-corrected chi connectivity index (χ1v) is 9.67. The average Bonchev–Trinajstić information content (AvgIpc) is 3.09. The zero-order chi connectivity index (χ0) is 16.3. The van der Waals surface area contributed by atoms with Crippen LogP contribution in [0.2, 0.25) is 0 Å². The van der Waals surface area contributed by atoms with Crippen LogP contribution in [0.25, 0.3) is 0 Å². The van der Waals surface area contributed by atoms with E-state index in [0.717, 1.165) is 12.4 Å². The molecular weight excluding hydrogens is 334 g/mol. The quantitative estimate of drug-likeness (QED) is 0.820. The van der Waals surface area contributed by atoms with Gasteiger partial charge in [-0.15, -0.1) is 11.3 Å². The summed E-state index contributed by atoms with van der Waals surface area (Å²) in [5.74, 6) is 0.749. The Labute approximate surface area is 140 Å². The molecule has 1 fully saturated rings. The molecule has 0 aromatic carbocycles. The van der Waals surface area contributed by atoms with Crippen molar-refractivity contribution in [3.63, 3.8) is 0 Å². The van der Waals surface area contributed by atoms with Gasteiger partial charge < -0.3 is 9.64 Å². The molecule has 0 aliphatic carbocycles. The first-order chi connectivity index (χ1) is 11.1. The van der Waals surface area contributed by atoms with Gasteiger partial charge in [-0.25, -0.2) is 13.4 Å². The van der Waals surface area contributed by atoms with Gasteiger partial charge in [0.1, 0.15) is 10.7 Å². The molecule has 0 amide bonds. The molecule has 0 spiro atoms. The molecule has 3 heterocycles. The molecular formula is C15H19N3O3S2. The van der Waals surface area contributed by atoms with Crippen LogP contribution >= 0.6 is 11.3 Å². The fourth-order valence-electron chi connectivity index (χ4n) is 2.40. The number of nitrogens with zero attached hydrogens (tertiary/aromatic N) is 3. The predicted octanol–water partition coefficient (Wildman–Crippen LogP) is 1.80. The van der Waals surface area contributed by atoms with Crippen molar-refractivity contribution >= 4 is 27.2 Å². The Morgan fingerprint density at radius 3 is 2.70 bits per heavy atom. The molecule has 8 heteroatoms. The SMILES string of the molecule is CN(Cc1cccs1)c1ccc(S(=O)(=O)N2CCOCC2)cn1. The van der Waals surface area contributed by atoms with Gasteiger partial charge in [-0.05, 0) is 23.6 Å². The Bertz CT molecular complexity index is 724. The highest BCUT2D eigenvalue weighted by Gasteiger charge is 2.26. The van der Waals surface area contributed by atoms with Crippen LogP contribution in [0, 0.1) is 0 Å². The molecule has 0 N–H and O–H groups in total. The van der Waals surface area contributed by atoms with Crippen LogP contribution in [0.3, 0.4) is 0 Å². The number of ether oxygens (including phenoxy) is 1. The molecule has 1 aliphatic rings. The molecule has 2 aromatic heterocycles. The van der Waals surface area contributed by atoms with Crippen LogP contribution in [0.4, 0.5) is 5.82 Å². The van der Waals surface area contributed by atoms with Crippen molar-refractivity contribution < 1.29 is 13.2 Å². The van der Waals surface area contributed by atoms with E-state index in [2.05, 4.69) is 11.1 Å². The number of aromatic nitrogens is 1. The van der Waals surface area contributed by atoms with Crippen molar-refractivity contribution in [2.45, 2.75) is 11.4 Å². The molecule has 124 valence electrons. The first-order valence-electron chi connectivity index (χ1n) is 7.35. The van der Waals surface area contributed by atoms with E-state index < -0.39 is 10.0 Å². The zero-order valence-electron chi connectivity index (χ0n) is 12.9. The zero-order valence-corrected chi connectivity index (χ0v) is 14.5. The van der Waals surface area contributed by atoms with E-state index in [0.29, 0.717) is 26.3 Å². The minimum Gasteiger partial charge on any atom is -0.379 e. The summed E-state index contributed by atoms with van der Waals surface area (Å²) in [6.07, 6.45) is 1.44. The van der Waals surface area contributed by atoms with Crippen molar-refractivity contribution in [2.24, 2.45) is 0 Å². The van der Waals surface area contributed by atoms with Crippen LogP contribution < -0.4 is 4.90 Å². The van der Waals surface area contributed by atoms with Crippen molar-refractivity contribution in [2.75, 3.05) is 38.3 Å². The van der Waals surface area contributed by atoms with Gasteiger partial charge in [0, 0.05) is 31.2 Å². The minimum atomic E-state index is -3.48. The van der Waals surface area contributed by atoms with Crippen molar-refractivity contribution in [3.8, 4) is 0 Å². The number of rotatable bonds is 5. The molecule has 1 saturated heterocycles. The largest absolute Gasteiger partial charge is 0.379 e. The second-order valence-electron chi connectivity index (χ2n) is 5.30. The fraction of sp³-hybridized carbons (Fsp3) is 0.400. The Morgan fingerprint density at radius 2 is 2.09 bits per heavy atom. The summed E-state index contributed by atoms with van der Waals surface area (Å²) in [7, 11) is -1.54. The number of pyridine rings is 1. The molecule has 0 unspecified atom stereocenters. The lowest BCUT2D eigenvalue weighted by molar-refractivity contribution is 0.0730. The first kappa shape index (κ1) is 16.4. The molecule has 6 nitrogen and oxygen atoms in total. The second kappa shape index (κ2) is 6.96. The fourth-order valence-corrected chi connectivity index (χ4v) is 4.52. The summed E-state index contributed by atoms with van der Waals surface area (Å²) in [4.78, 5) is 7.78. The number of thiophene rings is 1. The van der Waals surface area contributed by atoms with Crippen LogP contribution in [0.1, 0.15) is 4.88 Å². The summed E-state index contributed by atoms with van der Waals surface area (Å²) in [6.45, 7) is 2.41. The van der Waals surface area contributed by atoms with Crippen LogP contribution in [0.15, 0.2) is 40.7 Å². The van der Waals surface area contributed by atoms with Crippen LogP contribution in [-0.4, -0.2) is 51.1 Å². The third kappa shape index (κ3) is 3.72. The van der Waals surface area contributed by atoms with E-state index in [1.165, 1.54) is 15.4 Å². The van der Waals surface area contributed by atoms with Gasteiger partial charge in [0.25, 0.3) is 0 Å². The van der Waals surface area contributed by atoms with Gasteiger partial charge in [0.15, 0.2) is 0 Å². The molecule has 0 bridgehead atoms. The van der Waals surface area contributed by atoms with Gasteiger partial charge in [-0.2, -0.15) is 4.31 Å². The van der Waals surface area contributed by atoms with Gasteiger partial charge in [-0.1, -0.05) is 6.07 Å². The molecule has 2 aromatic rings. The number of morpholine rings is 1. The Kier molecular flexibility index (Phi) is 4.96. The Morgan fingerprint density at radius 1 is 1.30 bits per heavy atom. The number of sulfonamides is 1. The molecule has 0 saturated carbocycles. The van der Waals surface area contributed by atoms with Crippen molar-refractivity contribution in [1.29, 1.82) is 0 Å². The van der Waals surface area contributed by atoms with Gasteiger partial charge in [0.05, 0.1) is 19.8 Å². The van der Waals surface area contributed by atoms with E-state index >= 15 is 0 Å². The van der Waals surface area contributed by atoms with Gasteiger partial charge >= 0.3 is 0 Å². The number of anilines is 1. The summed E-state index contributed by atoms with van der Waals surface area (Å²) in [5, 5.41) is 2.04. The standard InChI is InChI=1S/C15H19N3O3S2/c1-17(12-13-3-2-10-22-13)15-5-4-14(11-16-15)23(19,20)18-6-8-21-9-7-18/h2-5,10-11H,6-9,12H2,1H3. The van der Waals surface area contributed by atoms with Crippen LogP contribution in [0.5, 0.6) is 0 Å². The predicted molar refractivity (Wildman–Crippen MR) is 90.2 cm³/mol. The third-order valence-corrected chi connectivity index (χ3v) is 6.44. The van der Waals surface area contributed by atoms with Gasteiger partial charge in [0.2, 0.25) is 10.0 Å². The summed E-state index contributed by atoms with van der Waals surface area (Å²) < 4.78 is 31.7. The number of hydrogen-bond acceptors (Lipinski definition) is 6. The van der Waals surface area contributed by atoms with E-state index in [1.807, 2.05) is 23.4 Å². The molecule has 0 atom stereocenters. The number of hydrogen-bond donors (Lipinski definition) is 0. The second-order valence-corrected chi connectivity index (χ2v) is 8.27. The smallest absolute Gasteiger partial charge is 0.244 e. The maximum absolute atomic E-state index is 12.5. The molecule has 23 heavy (non-hydrogen) atoms. The van der Waals surface area contributed by atoms with Gasteiger partial charge in [-0.3, -0.25) is 0 Å². The maximum Gasteiger partial charge on any atom is 0.244 e. The lowest BCUT2D eigenvalue weighted by Gasteiger charge is -2.26. The van der Waals surface area contributed by atoms with E-state index in [1.54, 1.807) is 23.5 Å². The third-order valence-electron chi connectivity index (χ3n) is 3.69. The van der Waals surface area contributed by atoms with E-state index in [9.17, 15) is 8.42 Å². The topological polar surface area (TPSA) is 62.7 Å². The molecule has 3 rings (SSSR count). The highest BCUT2D eigenvalue weighted by molar-refractivity contribution is 7.89. The Balaban J connectivity index is 1.73. The highest BCUT2D eigenvalue weighted by Crippen LogP contribution is 2.20. The lowest BCUT2D eigenvalue weighted by atomic mass is 10.4. The summed E-state index contributed by atoms with van der Waals surface area (Å²) >= 11 is 1.69. The lowest BCUT2D eigenvalue weighted by Crippen LogP contribution is -2.40. The van der Waals surface area contributed by atoms with Crippen molar-refractivity contribution in [1.82, 2.24) is 9.29 Å². The normalized spacial score (nSPS) is 16.4. The molecule has 1 aliphatic heterocycles. The molecule has 0 radical (unpaired) electrons. The maximum atomic E-state index is 12.5.